The molecule has 1 amide bonds. The van der Waals surface area contributed by atoms with Crippen LogP contribution in [0.5, 0.6) is 5.75 Å². The van der Waals surface area contributed by atoms with Crippen molar-refractivity contribution in [2.24, 2.45) is 0 Å². The zero-order valence-electron chi connectivity index (χ0n) is 11.4. The molecule has 0 bridgehead atoms. The molecular formula is C15H14N2O4. The highest BCUT2D eigenvalue weighted by atomic mass is 16.4. The number of amides is 1. The average Bonchev–Trinajstić information content (AvgIpc) is 2.45. The smallest absolute Gasteiger partial charge is 0.323 e. The van der Waals surface area contributed by atoms with Crippen molar-refractivity contribution in [1.29, 1.82) is 0 Å². The summed E-state index contributed by atoms with van der Waals surface area (Å²) in [6, 6.07) is 9.66. The van der Waals surface area contributed by atoms with Gasteiger partial charge in [0.15, 0.2) is 5.69 Å². The van der Waals surface area contributed by atoms with Crippen LogP contribution < -0.4 is 4.90 Å². The van der Waals surface area contributed by atoms with Gasteiger partial charge in [-0.1, -0.05) is 17.7 Å². The van der Waals surface area contributed by atoms with E-state index in [2.05, 4.69) is 4.98 Å². The molecule has 6 heteroatoms. The minimum Gasteiger partial charge on any atom is -0.505 e. The van der Waals surface area contributed by atoms with Gasteiger partial charge in [-0.25, -0.2) is 4.98 Å². The minimum atomic E-state index is -1.15. The van der Waals surface area contributed by atoms with Gasteiger partial charge in [0.2, 0.25) is 0 Å². The van der Waals surface area contributed by atoms with Crippen LogP contribution in [0.4, 0.5) is 5.69 Å². The van der Waals surface area contributed by atoms with Gasteiger partial charge in [-0.05, 0) is 31.2 Å². The van der Waals surface area contributed by atoms with Gasteiger partial charge in [0.05, 0.1) is 0 Å². The summed E-state index contributed by atoms with van der Waals surface area (Å²) in [5.74, 6) is -2.11. The molecule has 1 aromatic carbocycles. The average molecular weight is 286 g/mol. The molecule has 6 nitrogen and oxygen atoms in total. The number of carboxylic acid groups (broad SMARTS) is 1. The lowest BCUT2D eigenvalue weighted by molar-refractivity contribution is -0.135. The minimum absolute atomic E-state index is 0.181. The van der Waals surface area contributed by atoms with Crippen LogP contribution >= 0.6 is 0 Å². The number of aromatic hydroxyl groups is 1. The zero-order valence-corrected chi connectivity index (χ0v) is 11.4. The summed E-state index contributed by atoms with van der Waals surface area (Å²) in [6.45, 7) is 1.37. The van der Waals surface area contributed by atoms with E-state index in [4.69, 9.17) is 5.11 Å². The molecule has 0 spiro atoms. The number of pyridine rings is 1. The summed E-state index contributed by atoms with van der Waals surface area (Å²) < 4.78 is 0. The Morgan fingerprint density at radius 3 is 2.43 bits per heavy atom. The third-order valence-electron chi connectivity index (χ3n) is 2.87. The predicted octanol–water partition coefficient (Wildman–Crippen LogP) is 1.83. The Hall–Kier alpha value is -2.89. The summed E-state index contributed by atoms with van der Waals surface area (Å²) in [5.41, 5.74) is 1.24. The molecule has 2 N–H and O–H groups in total. The topological polar surface area (TPSA) is 90.7 Å². The first-order valence-electron chi connectivity index (χ1n) is 6.23. The Morgan fingerprint density at radius 1 is 1.19 bits per heavy atom. The van der Waals surface area contributed by atoms with E-state index >= 15 is 0 Å². The number of hydrogen-bond donors (Lipinski definition) is 2. The largest absolute Gasteiger partial charge is 0.505 e. The molecule has 0 atom stereocenters. The van der Waals surface area contributed by atoms with Gasteiger partial charge >= 0.3 is 5.97 Å². The van der Waals surface area contributed by atoms with Crippen molar-refractivity contribution in [3.63, 3.8) is 0 Å². The van der Waals surface area contributed by atoms with Crippen LogP contribution in [0.15, 0.2) is 42.6 Å². The molecule has 2 aromatic rings. The number of rotatable bonds is 4. The molecular weight excluding hydrogens is 272 g/mol. The molecule has 0 aliphatic heterocycles. The van der Waals surface area contributed by atoms with E-state index in [0.29, 0.717) is 5.69 Å². The molecule has 0 aliphatic rings. The number of benzene rings is 1. The number of aliphatic carboxylic acids is 1. The van der Waals surface area contributed by atoms with Crippen molar-refractivity contribution in [3.05, 3.63) is 53.9 Å². The van der Waals surface area contributed by atoms with Gasteiger partial charge in [0.25, 0.3) is 5.91 Å². The van der Waals surface area contributed by atoms with Crippen LogP contribution in [-0.4, -0.2) is 33.6 Å². The van der Waals surface area contributed by atoms with Gasteiger partial charge < -0.3 is 10.2 Å². The lowest BCUT2D eigenvalue weighted by atomic mass is 10.2. The fourth-order valence-corrected chi connectivity index (χ4v) is 1.83. The maximum atomic E-state index is 12.4. The molecule has 0 fully saturated rings. The first-order valence-corrected chi connectivity index (χ1v) is 6.23. The van der Waals surface area contributed by atoms with Crippen molar-refractivity contribution in [2.45, 2.75) is 6.92 Å². The molecule has 108 valence electrons. The lowest BCUT2D eigenvalue weighted by Crippen LogP contribution is -2.36. The number of carbonyl (C=O) groups excluding carboxylic acids is 1. The number of anilines is 1. The van der Waals surface area contributed by atoms with Gasteiger partial charge in [-0.3, -0.25) is 14.5 Å². The summed E-state index contributed by atoms with van der Waals surface area (Å²) in [5, 5.41) is 18.7. The van der Waals surface area contributed by atoms with Crippen LogP contribution in [0.1, 0.15) is 16.1 Å². The number of carboxylic acids is 1. The maximum absolute atomic E-state index is 12.4. The third-order valence-corrected chi connectivity index (χ3v) is 2.87. The van der Waals surface area contributed by atoms with Crippen molar-refractivity contribution >= 4 is 17.6 Å². The lowest BCUT2D eigenvalue weighted by Gasteiger charge is -2.21. The standard InChI is InChI=1S/C15H14N2O4/c1-10-4-6-11(7-5-10)17(9-13(19)20)15(21)14-12(18)3-2-8-16-14/h2-8,18H,9H2,1H3,(H,19,20). The fraction of sp³-hybridized carbons (Fsp3) is 0.133. The number of hydrogen-bond acceptors (Lipinski definition) is 4. The monoisotopic (exact) mass is 286 g/mol. The summed E-state index contributed by atoms with van der Waals surface area (Å²) in [7, 11) is 0. The quantitative estimate of drug-likeness (QED) is 0.894. The van der Waals surface area contributed by atoms with Crippen LogP contribution in [0.25, 0.3) is 0 Å². The van der Waals surface area contributed by atoms with E-state index in [0.717, 1.165) is 10.5 Å². The Kier molecular flexibility index (Phi) is 4.18. The Morgan fingerprint density at radius 2 is 1.86 bits per heavy atom. The second-order valence-corrected chi connectivity index (χ2v) is 4.49. The Labute approximate surface area is 121 Å². The van der Waals surface area contributed by atoms with Crippen molar-refractivity contribution < 1.29 is 19.8 Å². The SMILES string of the molecule is Cc1ccc(N(CC(=O)O)C(=O)c2ncccc2O)cc1. The van der Waals surface area contributed by atoms with Gasteiger partial charge in [-0.2, -0.15) is 0 Å². The molecule has 0 aliphatic carbocycles. The Balaban J connectivity index is 2.40. The second kappa shape index (κ2) is 6.04. The molecule has 1 aromatic heterocycles. The molecule has 2 rings (SSSR count). The van der Waals surface area contributed by atoms with E-state index in [1.807, 2.05) is 6.92 Å². The highest BCUT2D eigenvalue weighted by Gasteiger charge is 2.23. The van der Waals surface area contributed by atoms with E-state index in [9.17, 15) is 14.7 Å². The highest BCUT2D eigenvalue weighted by Crippen LogP contribution is 2.21. The van der Waals surface area contributed by atoms with Crippen LogP contribution in [-0.2, 0) is 4.79 Å². The fourth-order valence-electron chi connectivity index (χ4n) is 1.83. The Bertz CT molecular complexity index is 668. The van der Waals surface area contributed by atoms with E-state index in [1.165, 1.54) is 18.3 Å². The summed E-state index contributed by atoms with van der Waals surface area (Å²) in [4.78, 5) is 28.3. The maximum Gasteiger partial charge on any atom is 0.323 e. The normalized spacial score (nSPS) is 10.1. The number of nitrogens with zero attached hydrogens (tertiary/aromatic N) is 2. The van der Waals surface area contributed by atoms with E-state index in [-0.39, 0.29) is 11.4 Å². The number of carbonyl (C=O) groups is 2. The molecule has 0 unspecified atom stereocenters. The van der Waals surface area contributed by atoms with Gasteiger partial charge in [0, 0.05) is 11.9 Å². The molecule has 0 saturated carbocycles. The predicted molar refractivity (Wildman–Crippen MR) is 76.4 cm³/mol. The molecule has 21 heavy (non-hydrogen) atoms. The highest BCUT2D eigenvalue weighted by molar-refractivity contribution is 6.08. The number of aryl methyl sites for hydroxylation is 1. The van der Waals surface area contributed by atoms with Crippen molar-refractivity contribution in [2.75, 3.05) is 11.4 Å². The molecule has 1 heterocycles. The zero-order chi connectivity index (χ0) is 15.4. The van der Waals surface area contributed by atoms with Gasteiger partial charge in [0.1, 0.15) is 12.3 Å². The first-order chi connectivity index (χ1) is 9.99. The molecule has 0 saturated heterocycles. The second-order valence-electron chi connectivity index (χ2n) is 4.49. The van der Waals surface area contributed by atoms with Crippen LogP contribution in [0.3, 0.4) is 0 Å². The molecule has 0 radical (unpaired) electrons. The van der Waals surface area contributed by atoms with Crippen molar-refractivity contribution in [3.8, 4) is 5.75 Å². The third kappa shape index (κ3) is 3.36. The number of aromatic nitrogens is 1. The summed E-state index contributed by atoms with van der Waals surface area (Å²) >= 11 is 0. The van der Waals surface area contributed by atoms with E-state index in [1.54, 1.807) is 24.3 Å². The van der Waals surface area contributed by atoms with Gasteiger partial charge in [-0.15, -0.1) is 0 Å². The van der Waals surface area contributed by atoms with E-state index < -0.39 is 18.4 Å². The van der Waals surface area contributed by atoms with Crippen LogP contribution in [0, 0.1) is 6.92 Å². The van der Waals surface area contributed by atoms with Crippen LogP contribution in [0.2, 0.25) is 0 Å². The van der Waals surface area contributed by atoms with Crippen molar-refractivity contribution in [1.82, 2.24) is 4.98 Å². The summed E-state index contributed by atoms with van der Waals surface area (Å²) in [6.07, 6.45) is 1.36. The first kappa shape index (κ1) is 14.5.